The third kappa shape index (κ3) is 4.99. The van der Waals surface area contributed by atoms with Crippen LogP contribution >= 0.6 is 12.2 Å². The molecule has 0 heterocycles. The third-order valence-electron chi connectivity index (χ3n) is 2.36. The Kier molecular flexibility index (Phi) is 5.42. The lowest BCUT2D eigenvalue weighted by Gasteiger charge is -2.00. The highest BCUT2D eigenvalue weighted by atomic mass is 32.1. The Labute approximate surface area is 123 Å². The SMILES string of the molecule is S=C(N/N=C\c1ccccc1)N/N=C/c1ccccc1. The molecule has 5 heteroatoms. The summed E-state index contributed by atoms with van der Waals surface area (Å²) in [5.74, 6) is 0. The fraction of sp³-hybridized carbons (Fsp3) is 0. The second-order valence-corrected chi connectivity index (χ2v) is 4.30. The maximum Gasteiger partial charge on any atom is 0.207 e. The van der Waals surface area contributed by atoms with Gasteiger partial charge >= 0.3 is 0 Å². The molecule has 0 aliphatic heterocycles. The van der Waals surface area contributed by atoms with E-state index < -0.39 is 0 Å². The van der Waals surface area contributed by atoms with Crippen molar-refractivity contribution in [2.75, 3.05) is 0 Å². The predicted molar refractivity (Wildman–Crippen MR) is 86.9 cm³/mol. The van der Waals surface area contributed by atoms with Crippen molar-refractivity contribution >= 4 is 29.8 Å². The number of nitrogens with one attached hydrogen (secondary N) is 2. The topological polar surface area (TPSA) is 48.8 Å². The van der Waals surface area contributed by atoms with Crippen LogP contribution < -0.4 is 10.9 Å². The van der Waals surface area contributed by atoms with Gasteiger partial charge < -0.3 is 0 Å². The fourth-order valence-electron chi connectivity index (χ4n) is 1.43. The van der Waals surface area contributed by atoms with Crippen LogP contribution in [0.5, 0.6) is 0 Å². The molecule has 2 aromatic rings. The Hall–Kier alpha value is -2.53. The van der Waals surface area contributed by atoms with Crippen LogP contribution in [-0.2, 0) is 0 Å². The van der Waals surface area contributed by atoms with Gasteiger partial charge in [0.15, 0.2) is 0 Å². The molecule has 100 valence electrons. The van der Waals surface area contributed by atoms with Gasteiger partial charge in [0.2, 0.25) is 5.11 Å². The molecule has 0 atom stereocenters. The fourth-order valence-corrected chi connectivity index (χ4v) is 1.54. The molecule has 4 nitrogen and oxygen atoms in total. The van der Waals surface area contributed by atoms with Crippen LogP contribution in [0.15, 0.2) is 70.9 Å². The molecule has 0 bridgehead atoms. The summed E-state index contributed by atoms with van der Waals surface area (Å²) in [6.45, 7) is 0. The molecule has 0 saturated carbocycles. The molecule has 0 fully saturated rings. The number of rotatable bonds is 4. The number of nitrogens with zero attached hydrogens (tertiary/aromatic N) is 2. The molecule has 2 N–H and O–H groups in total. The highest BCUT2D eigenvalue weighted by Gasteiger charge is 1.89. The molecule has 2 rings (SSSR count). The first-order valence-electron chi connectivity index (χ1n) is 6.07. The molecule has 0 aliphatic rings. The number of hydrazone groups is 2. The van der Waals surface area contributed by atoms with Crippen LogP contribution in [0.1, 0.15) is 11.1 Å². The van der Waals surface area contributed by atoms with Crippen molar-refractivity contribution < 1.29 is 0 Å². The van der Waals surface area contributed by atoms with Gasteiger partial charge in [0.1, 0.15) is 0 Å². The molecule has 20 heavy (non-hydrogen) atoms. The maximum absolute atomic E-state index is 5.04. The first-order valence-corrected chi connectivity index (χ1v) is 6.47. The van der Waals surface area contributed by atoms with Crippen LogP contribution in [0, 0.1) is 0 Å². The van der Waals surface area contributed by atoms with Gasteiger partial charge in [-0.15, -0.1) is 0 Å². The van der Waals surface area contributed by atoms with E-state index in [9.17, 15) is 0 Å². The van der Waals surface area contributed by atoms with Crippen molar-refractivity contribution in [2.24, 2.45) is 10.2 Å². The standard InChI is InChI=1S/C15H14N4S/c20-15(18-16-11-13-7-3-1-4-8-13)19-17-12-14-9-5-2-6-10-14/h1-12H,(H2,18,19,20)/b16-11-,17-12+. The van der Waals surface area contributed by atoms with Gasteiger partial charge in [-0.25, -0.2) is 0 Å². The lowest BCUT2D eigenvalue weighted by atomic mass is 10.2. The maximum atomic E-state index is 5.04. The van der Waals surface area contributed by atoms with E-state index in [1.165, 1.54) is 0 Å². The summed E-state index contributed by atoms with van der Waals surface area (Å²) in [5, 5.41) is 8.37. The Morgan fingerprint density at radius 1 is 0.750 bits per heavy atom. The van der Waals surface area contributed by atoms with Crippen LogP contribution in [0.3, 0.4) is 0 Å². The molecule has 0 unspecified atom stereocenters. The Bertz CT molecular complexity index is 540. The Morgan fingerprint density at radius 3 is 1.55 bits per heavy atom. The third-order valence-corrected chi connectivity index (χ3v) is 2.54. The van der Waals surface area contributed by atoms with Crippen molar-refractivity contribution in [3.8, 4) is 0 Å². The van der Waals surface area contributed by atoms with Gasteiger partial charge in [-0.2, -0.15) is 10.2 Å². The minimum absolute atomic E-state index is 0.337. The van der Waals surface area contributed by atoms with Gasteiger partial charge in [-0.05, 0) is 23.3 Å². The summed E-state index contributed by atoms with van der Waals surface area (Å²) < 4.78 is 0. The van der Waals surface area contributed by atoms with E-state index in [4.69, 9.17) is 12.2 Å². The van der Waals surface area contributed by atoms with E-state index in [-0.39, 0.29) is 0 Å². The average Bonchev–Trinajstić information content (AvgIpc) is 2.49. The van der Waals surface area contributed by atoms with E-state index >= 15 is 0 Å². The van der Waals surface area contributed by atoms with Crippen LogP contribution in [0.2, 0.25) is 0 Å². The van der Waals surface area contributed by atoms with E-state index in [2.05, 4.69) is 21.1 Å². The number of hydrogen-bond acceptors (Lipinski definition) is 3. The second kappa shape index (κ2) is 7.81. The first kappa shape index (κ1) is 13.9. The van der Waals surface area contributed by atoms with E-state index in [1.807, 2.05) is 60.7 Å². The van der Waals surface area contributed by atoms with Gasteiger partial charge in [0, 0.05) is 0 Å². The van der Waals surface area contributed by atoms with Crippen molar-refractivity contribution in [3.63, 3.8) is 0 Å². The summed E-state index contributed by atoms with van der Waals surface area (Å²) in [6.07, 6.45) is 3.38. The molecular formula is C15H14N4S. The molecule has 0 saturated heterocycles. The number of thiocarbonyl (C=S) groups is 1. The minimum atomic E-state index is 0.337. The van der Waals surface area contributed by atoms with Crippen molar-refractivity contribution in [3.05, 3.63) is 71.8 Å². The molecule has 0 spiro atoms. The van der Waals surface area contributed by atoms with E-state index in [0.717, 1.165) is 11.1 Å². The number of hydrogen-bond donors (Lipinski definition) is 2. The van der Waals surface area contributed by atoms with Crippen LogP contribution in [0.4, 0.5) is 0 Å². The normalized spacial score (nSPS) is 10.8. The molecule has 0 amide bonds. The van der Waals surface area contributed by atoms with E-state index in [1.54, 1.807) is 12.4 Å². The van der Waals surface area contributed by atoms with Crippen molar-refractivity contribution in [1.29, 1.82) is 0 Å². The highest BCUT2D eigenvalue weighted by Crippen LogP contribution is 1.94. The Morgan fingerprint density at radius 2 is 1.15 bits per heavy atom. The Balaban J connectivity index is 1.76. The molecule has 0 aromatic heterocycles. The van der Waals surface area contributed by atoms with E-state index in [0.29, 0.717) is 5.11 Å². The molecule has 0 aliphatic carbocycles. The monoisotopic (exact) mass is 282 g/mol. The number of benzene rings is 2. The molecular weight excluding hydrogens is 268 g/mol. The smallest absolute Gasteiger partial charge is 0.207 e. The average molecular weight is 282 g/mol. The van der Waals surface area contributed by atoms with Crippen LogP contribution in [0.25, 0.3) is 0 Å². The second-order valence-electron chi connectivity index (χ2n) is 3.89. The lowest BCUT2D eigenvalue weighted by molar-refractivity contribution is 0.935. The van der Waals surface area contributed by atoms with Crippen molar-refractivity contribution in [2.45, 2.75) is 0 Å². The molecule has 2 aromatic carbocycles. The lowest BCUT2D eigenvalue weighted by Crippen LogP contribution is -2.28. The van der Waals surface area contributed by atoms with Crippen LogP contribution in [-0.4, -0.2) is 17.5 Å². The van der Waals surface area contributed by atoms with Gasteiger partial charge in [-0.3, -0.25) is 10.9 Å². The summed E-state index contributed by atoms with van der Waals surface area (Å²) in [7, 11) is 0. The van der Waals surface area contributed by atoms with Crippen molar-refractivity contribution in [1.82, 2.24) is 10.9 Å². The highest BCUT2D eigenvalue weighted by molar-refractivity contribution is 7.80. The van der Waals surface area contributed by atoms with Gasteiger partial charge in [0.25, 0.3) is 0 Å². The summed E-state index contributed by atoms with van der Waals surface area (Å²) in [6, 6.07) is 19.5. The first-order chi connectivity index (χ1) is 9.84. The largest absolute Gasteiger partial charge is 0.252 e. The molecule has 0 radical (unpaired) electrons. The zero-order chi connectivity index (χ0) is 14.0. The summed E-state index contributed by atoms with van der Waals surface area (Å²) in [4.78, 5) is 0. The quantitative estimate of drug-likeness (QED) is 0.514. The van der Waals surface area contributed by atoms with Gasteiger partial charge in [0.05, 0.1) is 12.4 Å². The minimum Gasteiger partial charge on any atom is -0.252 e. The predicted octanol–water partition coefficient (Wildman–Crippen LogP) is 2.52. The summed E-state index contributed by atoms with van der Waals surface area (Å²) in [5.41, 5.74) is 7.38. The van der Waals surface area contributed by atoms with Gasteiger partial charge in [-0.1, -0.05) is 60.7 Å². The summed E-state index contributed by atoms with van der Waals surface area (Å²) >= 11 is 5.04. The zero-order valence-electron chi connectivity index (χ0n) is 10.7. The zero-order valence-corrected chi connectivity index (χ0v) is 11.5.